The van der Waals surface area contributed by atoms with Crippen molar-refractivity contribution in [3.63, 3.8) is 0 Å². The smallest absolute Gasteiger partial charge is 0.185 e. The number of halogens is 2. The van der Waals surface area contributed by atoms with Crippen LogP contribution < -0.4 is 0 Å². The molecule has 0 saturated heterocycles. The first kappa shape index (κ1) is 15.5. The average molecular weight is 303 g/mol. The molecule has 0 aliphatic heterocycles. The van der Waals surface area contributed by atoms with Crippen molar-refractivity contribution < 1.29 is 9.18 Å². The van der Waals surface area contributed by atoms with E-state index in [1.807, 2.05) is 12.1 Å². The highest BCUT2D eigenvalue weighted by atomic mass is 35.5. The fourth-order valence-electron chi connectivity index (χ4n) is 1.96. The number of ketones is 1. The maximum atomic E-state index is 13.6. The van der Waals surface area contributed by atoms with E-state index in [-0.39, 0.29) is 16.4 Å². The van der Waals surface area contributed by atoms with Crippen molar-refractivity contribution in [1.29, 1.82) is 0 Å². The topological polar surface area (TPSA) is 17.1 Å². The zero-order valence-electron chi connectivity index (χ0n) is 11.9. The molecule has 0 bridgehead atoms. The lowest BCUT2D eigenvalue weighted by Crippen LogP contribution is -1.96. The molecule has 0 saturated carbocycles. The average Bonchev–Trinajstić information content (AvgIpc) is 2.46. The highest BCUT2D eigenvalue weighted by Gasteiger charge is 2.06. The van der Waals surface area contributed by atoms with Crippen LogP contribution in [0.15, 0.2) is 48.5 Å². The van der Waals surface area contributed by atoms with Crippen LogP contribution in [0.3, 0.4) is 0 Å². The van der Waals surface area contributed by atoms with Crippen LogP contribution in [0, 0.1) is 5.82 Å². The maximum Gasteiger partial charge on any atom is 0.185 e. The summed E-state index contributed by atoms with van der Waals surface area (Å²) in [5.41, 5.74) is 1.97. The molecule has 2 aromatic carbocycles. The van der Waals surface area contributed by atoms with Gasteiger partial charge in [-0.3, -0.25) is 4.79 Å². The molecular weight excluding hydrogens is 287 g/mol. The van der Waals surface area contributed by atoms with Gasteiger partial charge < -0.3 is 0 Å². The van der Waals surface area contributed by atoms with Gasteiger partial charge in [-0.1, -0.05) is 55.8 Å². The molecule has 2 rings (SSSR count). The summed E-state index contributed by atoms with van der Waals surface area (Å²) < 4.78 is 13.6. The molecule has 0 aliphatic rings. The molecule has 2 aromatic rings. The molecule has 0 unspecified atom stereocenters. The lowest BCUT2D eigenvalue weighted by Gasteiger charge is -2.05. The van der Waals surface area contributed by atoms with Gasteiger partial charge in [0.05, 0.1) is 5.02 Å². The number of carbonyl (C=O) groups is 1. The van der Waals surface area contributed by atoms with E-state index in [1.54, 1.807) is 18.2 Å². The third kappa shape index (κ3) is 3.79. The molecule has 0 fully saturated rings. The Morgan fingerprint density at radius 1 is 1.14 bits per heavy atom. The molecule has 0 radical (unpaired) electrons. The Morgan fingerprint density at radius 2 is 1.81 bits per heavy atom. The van der Waals surface area contributed by atoms with Crippen LogP contribution in [0.4, 0.5) is 4.39 Å². The van der Waals surface area contributed by atoms with E-state index in [2.05, 4.69) is 13.8 Å². The molecule has 108 valence electrons. The second kappa shape index (κ2) is 6.68. The van der Waals surface area contributed by atoms with Gasteiger partial charge in [0.1, 0.15) is 5.82 Å². The number of rotatable bonds is 4. The van der Waals surface area contributed by atoms with Crippen molar-refractivity contribution in [2.24, 2.45) is 0 Å². The Labute approximate surface area is 129 Å². The molecule has 21 heavy (non-hydrogen) atoms. The summed E-state index contributed by atoms with van der Waals surface area (Å²) in [5.74, 6) is -0.201. The summed E-state index contributed by atoms with van der Waals surface area (Å²) in [6.45, 7) is 4.19. The summed E-state index contributed by atoms with van der Waals surface area (Å²) >= 11 is 5.91. The van der Waals surface area contributed by atoms with E-state index >= 15 is 0 Å². The first-order valence-corrected chi connectivity index (χ1v) is 7.13. The first-order valence-electron chi connectivity index (χ1n) is 6.75. The van der Waals surface area contributed by atoms with Crippen molar-refractivity contribution >= 4 is 23.5 Å². The highest BCUT2D eigenvalue weighted by molar-refractivity contribution is 6.32. The van der Waals surface area contributed by atoms with Gasteiger partial charge in [-0.25, -0.2) is 4.39 Å². The van der Waals surface area contributed by atoms with Crippen LogP contribution in [0.5, 0.6) is 0 Å². The molecule has 3 heteroatoms. The summed E-state index contributed by atoms with van der Waals surface area (Å²) in [5, 5.41) is 0.286. The Morgan fingerprint density at radius 3 is 2.38 bits per heavy atom. The maximum absolute atomic E-state index is 13.6. The summed E-state index contributed by atoms with van der Waals surface area (Å²) in [4.78, 5) is 12.1. The zero-order chi connectivity index (χ0) is 15.4. The van der Waals surface area contributed by atoms with Crippen LogP contribution >= 0.6 is 11.6 Å². The van der Waals surface area contributed by atoms with E-state index in [0.717, 1.165) is 0 Å². The quantitative estimate of drug-likeness (QED) is 0.538. The zero-order valence-corrected chi connectivity index (χ0v) is 12.7. The van der Waals surface area contributed by atoms with E-state index in [4.69, 9.17) is 11.6 Å². The Balaban J connectivity index is 2.19. The predicted molar refractivity (Wildman–Crippen MR) is 85.3 cm³/mol. The lowest BCUT2D eigenvalue weighted by molar-refractivity contribution is 0.104. The number of carbonyl (C=O) groups excluding carboxylic acids is 1. The van der Waals surface area contributed by atoms with Crippen molar-refractivity contribution in [2.75, 3.05) is 0 Å². The second-order valence-electron chi connectivity index (χ2n) is 5.11. The monoisotopic (exact) mass is 302 g/mol. The second-order valence-corrected chi connectivity index (χ2v) is 5.52. The van der Waals surface area contributed by atoms with E-state index in [1.165, 1.54) is 29.8 Å². The molecule has 1 nitrogen and oxygen atoms in total. The van der Waals surface area contributed by atoms with Crippen molar-refractivity contribution in [3.8, 4) is 0 Å². The third-order valence-corrected chi connectivity index (χ3v) is 3.59. The van der Waals surface area contributed by atoms with E-state index in [9.17, 15) is 9.18 Å². The Hall–Kier alpha value is -1.93. The van der Waals surface area contributed by atoms with Crippen LogP contribution in [0.2, 0.25) is 5.02 Å². The van der Waals surface area contributed by atoms with Crippen molar-refractivity contribution in [1.82, 2.24) is 0 Å². The van der Waals surface area contributed by atoms with Crippen LogP contribution in [0.1, 0.15) is 41.3 Å². The molecular formula is C18H16ClFO. The highest BCUT2D eigenvalue weighted by Crippen LogP contribution is 2.21. The summed E-state index contributed by atoms with van der Waals surface area (Å²) in [6.07, 6.45) is 2.75. The molecule has 0 spiro atoms. The Bertz CT molecular complexity index is 652. The van der Waals surface area contributed by atoms with Crippen LogP contribution in [-0.2, 0) is 0 Å². The number of allylic oxidation sites excluding steroid dienone is 1. The Kier molecular flexibility index (Phi) is 4.92. The van der Waals surface area contributed by atoms with Gasteiger partial charge in [-0.05, 0) is 35.8 Å². The molecule has 0 aromatic heterocycles. The normalized spacial score (nSPS) is 11.3. The molecule has 0 atom stereocenters. The van der Waals surface area contributed by atoms with Crippen LogP contribution in [0.25, 0.3) is 6.08 Å². The minimum atomic E-state index is -0.443. The number of benzene rings is 2. The summed E-state index contributed by atoms with van der Waals surface area (Å²) in [6, 6.07) is 11.9. The lowest BCUT2D eigenvalue weighted by atomic mass is 10.0. The van der Waals surface area contributed by atoms with Gasteiger partial charge in [-0.2, -0.15) is 0 Å². The molecule has 0 N–H and O–H groups in total. The standard InChI is InChI=1S/C18H16ClFO/c1-12(2)13-6-8-14(9-7-13)18(21)11-10-15-16(19)4-3-5-17(15)20/h3-12H,1-2H3/b11-10+. The van der Waals surface area contributed by atoms with Gasteiger partial charge in [0.2, 0.25) is 0 Å². The van der Waals surface area contributed by atoms with Crippen LogP contribution in [-0.4, -0.2) is 5.78 Å². The van der Waals surface area contributed by atoms with Crippen molar-refractivity contribution in [3.05, 3.63) is 76.1 Å². The summed E-state index contributed by atoms with van der Waals surface area (Å²) in [7, 11) is 0. The number of hydrogen-bond donors (Lipinski definition) is 0. The van der Waals surface area contributed by atoms with Crippen molar-refractivity contribution in [2.45, 2.75) is 19.8 Å². The molecule has 0 amide bonds. The SMILES string of the molecule is CC(C)c1ccc(C(=O)/C=C/c2c(F)cccc2Cl)cc1. The van der Waals surface area contributed by atoms with Gasteiger partial charge in [0, 0.05) is 11.1 Å². The van der Waals surface area contributed by atoms with Gasteiger partial charge >= 0.3 is 0 Å². The molecule has 0 aliphatic carbocycles. The molecule has 0 heterocycles. The first-order chi connectivity index (χ1) is 9.99. The predicted octanol–water partition coefficient (Wildman–Crippen LogP) is 5.50. The van der Waals surface area contributed by atoms with Gasteiger partial charge in [0.15, 0.2) is 5.78 Å². The van der Waals surface area contributed by atoms with E-state index < -0.39 is 5.82 Å². The number of hydrogen-bond acceptors (Lipinski definition) is 1. The largest absolute Gasteiger partial charge is 0.289 e. The fraction of sp³-hybridized carbons (Fsp3) is 0.167. The minimum absolute atomic E-state index is 0.176. The van der Waals surface area contributed by atoms with E-state index in [0.29, 0.717) is 11.5 Å². The van der Waals surface area contributed by atoms with Gasteiger partial charge in [-0.15, -0.1) is 0 Å². The van der Waals surface area contributed by atoms with Gasteiger partial charge in [0.25, 0.3) is 0 Å². The minimum Gasteiger partial charge on any atom is -0.289 e. The third-order valence-electron chi connectivity index (χ3n) is 3.26. The fourth-order valence-corrected chi connectivity index (χ4v) is 2.18.